The number of para-hydroxylation sites is 1. The van der Waals surface area contributed by atoms with Crippen LogP contribution in [0.2, 0.25) is 0 Å². The van der Waals surface area contributed by atoms with Crippen LogP contribution in [0.5, 0.6) is 0 Å². The van der Waals surface area contributed by atoms with Crippen LogP contribution < -0.4 is 5.32 Å². The number of likely N-dealkylation sites (tertiary alicyclic amines) is 1. The van der Waals surface area contributed by atoms with Gasteiger partial charge in [0.2, 0.25) is 0 Å². The highest BCUT2D eigenvalue weighted by atomic mass is 19.4. The fraction of sp³-hybridized carbons (Fsp3) is 0.286. The maximum absolute atomic E-state index is 13.7. The molecular formula is C21H19F3N4O3. The molecule has 1 aromatic carbocycles. The molecule has 1 aliphatic heterocycles. The first-order valence-corrected chi connectivity index (χ1v) is 9.67. The van der Waals surface area contributed by atoms with Crippen LogP contribution in [-0.4, -0.2) is 45.6 Å². The maximum Gasteiger partial charge on any atom is 0.434 e. The summed E-state index contributed by atoms with van der Waals surface area (Å²) in [5.74, 6) is -1.02. The Balaban J connectivity index is 1.46. The quantitative estimate of drug-likeness (QED) is 0.684. The summed E-state index contributed by atoms with van der Waals surface area (Å²) in [7, 11) is 0. The summed E-state index contributed by atoms with van der Waals surface area (Å²) in [6, 6.07) is 9.05. The molecule has 1 aliphatic rings. The van der Waals surface area contributed by atoms with E-state index >= 15 is 0 Å². The van der Waals surface area contributed by atoms with E-state index in [9.17, 15) is 22.8 Å². The first kappa shape index (κ1) is 20.7. The van der Waals surface area contributed by atoms with Crippen molar-refractivity contribution in [2.75, 3.05) is 13.1 Å². The van der Waals surface area contributed by atoms with E-state index in [2.05, 4.69) is 10.4 Å². The standard InChI is InChI=1S/C21H19F3N4O3/c22-21(23,24)18-17(12-25-28(18)16-4-2-1-3-5-16)19(29)26-15-6-9-27(10-7-15)20(30)14-8-11-31-13-14/h1-5,8,11-13,15H,6-7,9-10H2,(H,26,29). The van der Waals surface area contributed by atoms with Gasteiger partial charge in [-0.3, -0.25) is 9.59 Å². The SMILES string of the molecule is O=C(NC1CCN(C(=O)c2ccoc2)CC1)c1cnn(-c2ccccc2)c1C(F)(F)F. The Morgan fingerprint density at radius 2 is 1.81 bits per heavy atom. The zero-order chi connectivity index (χ0) is 22.0. The van der Waals surface area contributed by atoms with Gasteiger partial charge in [-0.15, -0.1) is 0 Å². The van der Waals surface area contributed by atoms with Gasteiger partial charge in [-0.25, -0.2) is 4.68 Å². The number of hydrogen-bond acceptors (Lipinski definition) is 4. The van der Waals surface area contributed by atoms with Gasteiger partial charge in [0, 0.05) is 19.1 Å². The van der Waals surface area contributed by atoms with E-state index in [4.69, 9.17) is 4.42 Å². The lowest BCUT2D eigenvalue weighted by molar-refractivity contribution is -0.143. The first-order valence-electron chi connectivity index (χ1n) is 9.67. The first-order chi connectivity index (χ1) is 14.8. The molecule has 1 saturated heterocycles. The van der Waals surface area contributed by atoms with E-state index in [1.54, 1.807) is 29.2 Å². The highest BCUT2D eigenvalue weighted by Gasteiger charge is 2.41. The topological polar surface area (TPSA) is 80.4 Å². The molecule has 31 heavy (non-hydrogen) atoms. The Morgan fingerprint density at radius 1 is 1.10 bits per heavy atom. The van der Waals surface area contributed by atoms with Gasteiger partial charge in [0.15, 0.2) is 5.69 Å². The van der Waals surface area contributed by atoms with Gasteiger partial charge in [0.25, 0.3) is 11.8 Å². The van der Waals surface area contributed by atoms with Gasteiger partial charge in [0.05, 0.1) is 29.3 Å². The lowest BCUT2D eigenvalue weighted by Crippen LogP contribution is -2.46. The average molecular weight is 432 g/mol. The predicted molar refractivity (Wildman–Crippen MR) is 104 cm³/mol. The molecule has 3 aromatic rings. The monoisotopic (exact) mass is 432 g/mol. The highest BCUT2D eigenvalue weighted by molar-refractivity contribution is 5.96. The number of piperidine rings is 1. The van der Waals surface area contributed by atoms with Gasteiger partial charge < -0.3 is 14.6 Å². The summed E-state index contributed by atoms with van der Waals surface area (Å²) >= 11 is 0. The third-order valence-corrected chi connectivity index (χ3v) is 5.17. The van der Waals surface area contributed by atoms with Crippen molar-refractivity contribution in [3.8, 4) is 5.69 Å². The van der Waals surface area contributed by atoms with Gasteiger partial charge >= 0.3 is 6.18 Å². The number of furan rings is 1. The fourth-order valence-corrected chi connectivity index (χ4v) is 3.61. The zero-order valence-corrected chi connectivity index (χ0v) is 16.3. The highest BCUT2D eigenvalue weighted by Crippen LogP contribution is 2.33. The van der Waals surface area contributed by atoms with Gasteiger partial charge in [-0.2, -0.15) is 18.3 Å². The van der Waals surface area contributed by atoms with Crippen LogP contribution >= 0.6 is 0 Å². The van der Waals surface area contributed by atoms with Crippen molar-refractivity contribution < 1.29 is 27.2 Å². The summed E-state index contributed by atoms with van der Waals surface area (Å²) in [6.07, 6.45) is -0.192. The van der Waals surface area contributed by atoms with Crippen molar-refractivity contribution in [3.05, 3.63) is 71.9 Å². The number of alkyl halides is 3. The molecule has 0 unspecified atom stereocenters. The number of amides is 2. The second kappa shape index (κ2) is 8.29. The van der Waals surface area contributed by atoms with E-state index in [0.717, 1.165) is 10.9 Å². The largest absolute Gasteiger partial charge is 0.472 e. The van der Waals surface area contributed by atoms with Crippen molar-refractivity contribution in [1.82, 2.24) is 20.0 Å². The molecule has 7 nitrogen and oxygen atoms in total. The minimum Gasteiger partial charge on any atom is -0.472 e. The number of nitrogens with zero attached hydrogens (tertiary/aromatic N) is 3. The van der Waals surface area contributed by atoms with E-state index < -0.39 is 23.3 Å². The molecule has 0 radical (unpaired) electrons. The number of aromatic nitrogens is 2. The molecule has 2 aromatic heterocycles. The van der Waals surface area contributed by atoms with Crippen LogP contribution in [0.15, 0.2) is 59.5 Å². The summed E-state index contributed by atoms with van der Waals surface area (Å²) in [6.45, 7) is 0.759. The molecule has 1 N–H and O–H groups in total. The normalized spacial score (nSPS) is 15.1. The molecule has 0 saturated carbocycles. The molecule has 0 aliphatic carbocycles. The van der Waals surface area contributed by atoms with E-state index in [0.29, 0.717) is 31.5 Å². The number of carbonyl (C=O) groups is 2. The van der Waals surface area contributed by atoms with Crippen molar-refractivity contribution in [3.63, 3.8) is 0 Å². The van der Waals surface area contributed by atoms with Gasteiger partial charge in [-0.05, 0) is 31.0 Å². The Kier molecular flexibility index (Phi) is 5.53. The Bertz CT molecular complexity index is 1050. The molecule has 1 fully saturated rings. The molecule has 0 atom stereocenters. The molecule has 0 bridgehead atoms. The molecule has 162 valence electrons. The number of hydrogen-bond donors (Lipinski definition) is 1. The Morgan fingerprint density at radius 3 is 2.42 bits per heavy atom. The lowest BCUT2D eigenvalue weighted by Gasteiger charge is -2.32. The molecule has 2 amide bonds. The van der Waals surface area contributed by atoms with Gasteiger partial charge in [0.1, 0.15) is 6.26 Å². The van der Waals surface area contributed by atoms with Crippen LogP contribution in [0.25, 0.3) is 5.69 Å². The minimum absolute atomic E-state index is 0.179. The minimum atomic E-state index is -4.76. The lowest BCUT2D eigenvalue weighted by atomic mass is 10.0. The summed E-state index contributed by atoms with van der Waals surface area (Å²) in [4.78, 5) is 26.6. The van der Waals surface area contributed by atoms with E-state index in [1.807, 2.05) is 0 Å². The van der Waals surface area contributed by atoms with Crippen LogP contribution in [0.3, 0.4) is 0 Å². The van der Waals surface area contributed by atoms with Crippen LogP contribution in [-0.2, 0) is 6.18 Å². The smallest absolute Gasteiger partial charge is 0.434 e. The second-order valence-corrected chi connectivity index (χ2v) is 7.20. The summed E-state index contributed by atoms with van der Waals surface area (Å²) in [5, 5.41) is 6.46. The van der Waals surface area contributed by atoms with Crippen molar-refractivity contribution >= 4 is 11.8 Å². The third-order valence-electron chi connectivity index (χ3n) is 5.17. The average Bonchev–Trinajstić information content (AvgIpc) is 3.44. The fourth-order valence-electron chi connectivity index (χ4n) is 3.61. The molecule has 3 heterocycles. The van der Waals surface area contributed by atoms with Crippen LogP contribution in [0.4, 0.5) is 13.2 Å². The second-order valence-electron chi connectivity index (χ2n) is 7.20. The zero-order valence-electron chi connectivity index (χ0n) is 16.3. The number of carbonyl (C=O) groups excluding carboxylic acids is 2. The summed E-state index contributed by atoms with van der Waals surface area (Å²) in [5.41, 5.74) is -1.01. The molecule has 0 spiro atoms. The Labute approximate surface area is 175 Å². The number of benzene rings is 1. The van der Waals surface area contributed by atoms with Crippen LogP contribution in [0, 0.1) is 0 Å². The van der Waals surface area contributed by atoms with Crippen molar-refractivity contribution in [2.24, 2.45) is 0 Å². The van der Waals surface area contributed by atoms with E-state index in [1.165, 1.54) is 24.7 Å². The van der Waals surface area contributed by atoms with Crippen molar-refractivity contribution in [1.29, 1.82) is 0 Å². The molecular weight excluding hydrogens is 413 g/mol. The third kappa shape index (κ3) is 4.32. The van der Waals surface area contributed by atoms with Crippen LogP contribution in [0.1, 0.15) is 39.3 Å². The molecule has 4 rings (SSSR count). The molecule has 10 heteroatoms. The van der Waals surface area contributed by atoms with E-state index in [-0.39, 0.29) is 17.6 Å². The van der Waals surface area contributed by atoms with Gasteiger partial charge in [-0.1, -0.05) is 18.2 Å². The number of halogens is 3. The van der Waals surface area contributed by atoms with Crippen molar-refractivity contribution in [2.45, 2.75) is 25.1 Å². The number of nitrogens with one attached hydrogen (secondary N) is 1. The summed E-state index contributed by atoms with van der Waals surface area (Å²) < 4.78 is 46.9. The maximum atomic E-state index is 13.7. The predicted octanol–water partition coefficient (Wildman–Crippen LogP) is 3.52. The number of rotatable bonds is 4. The Hall–Kier alpha value is -3.56.